The number of nitrogens with zero attached hydrogens (tertiary/aromatic N) is 2. The van der Waals surface area contributed by atoms with Crippen LogP contribution < -0.4 is 5.32 Å². The van der Waals surface area contributed by atoms with Gasteiger partial charge in [0.15, 0.2) is 17.7 Å². The van der Waals surface area contributed by atoms with Crippen molar-refractivity contribution in [2.75, 3.05) is 13.2 Å². The number of nitrogens with one attached hydrogen (secondary N) is 1. The van der Waals surface area contributed by atoms with Crippen molar-refractivity contribution in [1.82, 2.24) is 14.8 Å². The summed E-state index contributed by atoms with van der Waals surface area (Å²) in [4.78, 5) is 38.8. The summed E-state index contributed by atoms with van der Waals surface area (Å²) in [5.74, 6) is -4.84. The minimum Gasteiger partial charge on any atom is -0.505 e. The van der Waals surface area contributed by atoms with E-state index in [1.54, 1.807) is 0 Å². The van der Waals surface area contributed by atoms with Crippen LogP contribution in [0, 0.1) is 11.6 Å². The summed E-state index contributed by atoms with van der Waals surface area (Å²) in [5, 5.41) is 12.6. The van der Waals surface area contributed by atoms with E-state index in [4.69, 9.17) is 4.74 Å². The van der Waals surface area contributed by atoms with E-state index in [-0.39, 0.29) is 29.9 Å². The van der Waals surface area contributed by atoms with Gasteiger partial charge in [0.25, 0.3) is 17.6 Å². The van der Waals surface area contributed by atoms with Crippen LogP contribution in [0.5, 0.6) is 5.75 Å². The number of amides is 2. The molecule has 1 fully saturated rings. The molecule has 3 heterocycles. The summed E-state index contributed by atoms with van der Waals surface area (Å²) in [6, 6.07) is 2.85. The molecule has 2 aliphatic heterocycles. The molecule has 0 aliphatic carbocycles. The molecule has 2 aliphatic rings. The van der Waals surface area contributed by atoms with E-state index in [0.29, 0.717) is 25.6 Å². The average Bonchev–Trinajstić information content (AvgIpc) is 3.10. The average molecular weight is 435 g/mol. The second-order valence-corrected chi connectivity index (χ2v) is 6.82. The van der Waals surface area contributed by atoms with Crippen molar-refractivity contribution in [2.24, 2.45) is 0 Å². The quantitative estimate of drug-likeness (QED) is 0.567. The maximum atomic E-state index is 13.7. The standard InChI is InChI=1S/C19H17F2N3O5.C2H6/c20-11-3-2-10(13(21)6-11)7-22-18(27)17(26)12-8-23-9-14-24(4-1-5-29-14)19(28)15(23)16(12)25;1-2/h2-3,6,8,14,25H,1,4-5,7,9H2,(H,22,27);1-2H3. The number of hydrogen-bond acceptors (Lipinski definition) is 5. The Balaban J connectivity index is 0.00000132. The molecule has 1 aromatic carbocycles. The van der Waals surface area contributed by atoms with E-state index in [0.717, 1.165) is 12.1 Å². The van der Waals surface area contributed by atoms with Gasteiger partial charge >= 0.3 is 0 Å². The van der Waals surface area contributed by atoms with Gasteiger partial charge < -0.3 is 24.6 Å². The first-order valence-corrected chi connectivity index (χ1v) is 9.98. The first-order valence-electron chi connectivity index (χ1n) is 9.98. The Morgan fingerprint density at radius 2 is 2.03 bits per heavy atom. The number of fused-ring (bicyclic) bond motifs is 2. The molecule has 4 rings (SSSR count). The third-order valence-corrected chi connectivity index (χ3v) is 4.97. The van der Waals surface area contributed by atoms with Crippen molar-refractivity contribution < 1.29 is 33.0 Å². The van der Waals surface area contributed by atoms with Crippen molar-refractivity contribution in [3.05, 3.63) is 52.9 Å². The number of halogens is 2. The lowest BCUT2D eigenvalue weighted by molar-refractivity contribution is -0.117. The van der Waals surface area contributed by atoms with Crippen molar-refractivity contribution in [3.8, 4) is 5.75 Å². The maximum Gasteiger partial charge on any atom is 0.292 e. The fourth-order valence-electron chi connectivity index (χ4n) is 3.50. The third kappa shape index (κ3) is 4.29. The molecule has 1 aromatic heterocycles. The number of rotatable bonds is 4. The number of carbonyl (C=O) groups excluding carboxylic acids is 3. The summed E-state index contributed by atoms with van der Waals surface area (Å²) in [6.45, 7) is 4.87. The first-order chi connectivity index (χ1) is 14.9. The summed E-state index contributed by atoms with van der Waals surface area (Å²) in [7, 11) is 0. The van der Waals surface area contributed by atoms with E-state index >= 15 is 0 Å². The van der Waals surface area contributed by atoms with E-state index in [1.165, 1.54) is 15.7 Å². The molecule has 1 unspecified atom stereocenters. The molecule has 0 saturated carbocycles. The van der Waals surface area contributed by atoms with Crippen LogP contribution in [-0.4, -0.2) is 51.6 Å². The lowest BCUT2D eigenvalue weighted by atomic mass is 10.1. The molecule has 2 aromatic rings. The second-order valence-electron chi connectivity index (χ2n) is 6.82. The summed E-state index contributed by atoms with van der Waals surface area (Å²) in [6.07, 6.45) is 1.41. The number of benzene rings is 1. The summed E-state index contributed by atoms with van der Waals surface area (Å²) >= 11 is 0. The topological polar surface area (TPSA) is 101 Å². The van der Waals surface area contributed by atoms with Gasteiger partial charge in [-0.05, 0) is 12.5 Å². The summed E-state index contributed by atoms with van der Waals surface area (Å²) < 4.78 is 33.5. The predicted octanol–water partition coefficient (Wildman–Crippen LogP) is 2.20. The Bertz CT molecular complexity index is 1020. The number of Topliss-reactive ketones (excluding diaryl/α,β-unsaturated/α-hetero) is 1. The SMILES string of the molecule is CC.O=C(NCc1ccc(F)cc1F)C(=O)c1cn2c(c1O)C(=O)N1CCCOC1C2. The van der Waals surface area contributed by atoms with E-state index in [1.807, 2.05) is 13.8 Å². The number of aromatic hydroxyl groups is 1. The van der Waals surface area contributed by atoms with Gasteiger partial charge in [0.1, 0.15) is 11.6 Å². The van der Waals surface area contributed by atoms with Crippen LogP contribution in [0.1, 0.15) is 46.7 Å². The van der Waals surface area contributed by atoms with Gasteiger partial charge in [-0.25, -0.2) is 8.78 Å². The van der Waals surface area contributed by atoms with Gasteiger partial charge in [0.05, 0.1) is 18.7 Å². The van der Waals surface area contributed by atoms with Crippen molar-refractivity contribution in [1.29, 1.82) is 0 Å². The van der Waals surface area contributed by atoms with Gasteiger partial charge in [-0.15, -0.1) is 0 Å². The molecular weight excluding hydrogens is 412 g/mol. The van der Waals surface area contributed by atoms with Crippen LogP contribution in [0.2, 0.25) is 0 Å². The van der Waals surface area contributed by atoms with Crippen molar-refractivity contribution in [2.45, 2.75) is 39.6 Å². The molecule has 0 spiro atoms. The van der Waals surface area contributed by atoms with Crippen LogP contribution in [-0.2, 0) is 22.6 Å². The minimum absolute atomic E-state index is 0.00264. The first kappa shape index (κ1) is 22.4. The van der Waals surface area contributed by atoms with Gasteiger partial charge in [-0.2, -0.15) is 0 Å². The Kier molecular flexibility index (Phi) is 6.69. The Morgan fingerprint density at radius 1 is 1.29 bits per heavy atom. The number of ether oxygens (including phenoxy) is 1. The second kappa shape index (κ2) is 9.25. The van der Waals surface area contributed by atoms with Gasteiger partial charge in [-0.1, -0.05) is 19.9 Å². The molecular formula is C21H23F2N3O5. The van der Waals surface area contributed by atoms with E-state index in [2.05, 4.69) is 5.32 Å². The van der Waals surface area contributed by atoms with Gasteiger partial charge in [0, 0.05) is 30.9 Å². The van der Waals surface area contributed by atoms with Gasteiger partial charge in [0.2, 0.25) is 0 Å². The maximum absolute atomic E-state index is 13.7. The Labute approximate surface area is 177 Å². The van der Waals surface area contributed by atoms with Crippen LogP contribution in [0.3, 0.4) is 0 Å². The van der Waals surface area contributed by atoms with Crippen molar-refractivity contribution in [3.63, 3.8) is 0 Å². The zero-order valence-corrected chi connectivity index (χ0v) is 17.2. The van der Waals surface area contributed by atoms with E-state index in [9.17, 15) is 28.3 Å². The fraction of sp³-hybridized carbons (Fsp3) is 0.381. The Morgan fingerprint density at radius 3 is 2.74 bits per heavy atom. The molecule has 2 N–H and O–H groups in total. The molecule has 166 valence electrons. The molecule has 2 amide bonds. The highest BCUT2D eigenvalue weighted by Gasteiger charge is 2.39. The van der Waals surface area contributed by atoms with Gasteiger partial charge in [-0.3, -0.25) is 14.4 Å². The highest BCUT2D eigenvalue weighted by Crippen LogP contribution is 2.32. The van der Waals surface area contributed by atoms with Crippen molar-refractivity contribution >= 4 is 17.6 Å². The van der Waals surface area contributed by atoms with Crippen LogP contribution in [0.4, 0.5) is 8.78 Å². The Hall–Kier alpha value is -3.27. The fourth-order valence-corrected chi connectivity index (χ4v) is 3.50. The summed E-state index contributed by atoms with van der Waals surface area (Å²) in [5.41, 5.74) is -0.407. The third-order valence-electron chi connectivity index (χ3n) is 4.97. The monoisotopic (exact) mass is 435 g/mol. The van der Waals surface area contributed by atoms with E-state index < -0.39 is 41.2 Å². The predicted molar refractivity (Wildman–Crippen MR) is 105 cm³/mol. The lowest BCUT2D eigenvalue weighted by Crippen LogP contribution is -2.52. The van der Waals surface area contributed by atoms with Crippen LogP contribution >= 0.6 is 0 Å². The van der Waals surface area contributed by atoms with Crippen LogP contribution in [0.25, 0.3) is 0 Å². The minimum atomic E-state index is -1.09. The number of ketones is 1. The molecule has 31 heavy (non-hydrogen) atoms. The lowest BCUT2D eigenvalue weighted by Gasteiger charge is -2.39. The number of hydrogen-bond donors (Lipinski definition) is 2. The normalized spacial score (nSPS) is 17.2. The molecule has 1 saturated heterocycles. The molecule has 0 bridgehead atoms. The number of carbonyl (C=O) groups is 3. The zero-order chi connectivity index (χ0) is 22.7. The number of aromatic nitrogens is 1. The molecule has 8 nitrogen and oxygen atoms in total. The highest BCUT2D eigenvalue weighted by atomic mass is 19.1. The molecule has 1 atom stereocenters. The molecule has 0 radical (unpaired) electrons. The highest BCUT2D eigenvalue weighted by molar-refractivity contribution is 6.43. The van der Waals surface area contributed by atoms with Crippen LogP contribution in [0.15, 0.2) is 24.4 Å². The molecule has 10 heteroatoms. The zero-order valence-electron chi connectivity index (χ0n) is 17.2. The smallest absolute Gasteiger partial charge is 0.292 e. The largest absolute Gasteiger partial charge is 0.505 e.